The summed E-state index contributed by atoms with van der Waals surface area (Å²) in [5.41, 5.74) is 3.12. The van der Waals surface area contributed by atoms with Gasteiger partial charge in [-0.25, -0.2) is 4.39 Å². The Morgan fingerprint density at radius 1 is 0.762 bits per heavy atom. The molecule has 0 N–H and O–H groups in total. The van der Waals surface area contributed by atoms with Crippen LogP contribution in [0.2, 0.25) is 0 Å². The zero-order valence-corrected chi connectivity index (χ0v) is 12.7. The molecule has 0 spiro atoms. The van der Waals surface area contributed by atoms with Gasteiger partial charge in [-0.2, -0.15) is 0 Å². The fourth-order valence-electron chi connectivity index (χ4n) is 1.73. The lowest BCUT2D eigenvalue weighted by Gasteiger charge is -2.10. The first-order chi connectivity index (χ1) is 9.92. The topological polar surface area (TPSA) is 12.4 Å². The SMILES string of the molecule is CC(C)(C)N=Cc1ccc(C=Cc2ccc(F)cc2)cc1. The molecule has 0 radical (unpaired) electrons. The van der Waals surface area contributed by atoms with Crippen LogP contribution in [0.25, 0.3) is 12.2 Å². The highest BCUT2D eigenvalue weighted by molar-refractivity contribution is 5.81. The number of benzene rings is 2. The van der Waals surface area contributed by atoms with Crippen molar-refractivity contribution >= 4 is 18.4 Å². The van der Waals surface area contributed by atoms with Crippen molar-refractivity contribution in [3.05, 3.63) is 71.0 Å². The normalized spacial score (nSPS) is 12.4. The molecule has 0 bridgehead atoms. The first-order valence-corrected chi connectivity index (χ1v) is 7.01. The van der Waals surface area contributed by atoms with Gasteiger partial charge in [0.05, 0.1) is 5.54 Å². The molecular formula is C19H20FN. The van der Waals surface area contributed by atoms with Crippen LogP contribution < -0.4 is 0 Å². The van der Waals surface area contributed by atoms with E-state index in [0.29, 0.717) is 0 Å². The molecule has 1 nitrogen and oxygen atoms in total. The van der Waals surface area contributed by atoms with Crippen LogP contribution in [0.5, 0.6) is 0 Å². The van der Waals surface area contributed by atoms with Gasteiger partial charge in [-0.05, 0) is 49.6 Å². The van der Waals surface area contributed by atoms with Gasteiger partial charge >= 0.3 is 0 Å². The molecule has 2 aromatic rings. The molecule has 0 aromatic heterocycles. The van der Waals surface area contributed by atoms with Gasteiger partial charge < -0.3 is 0 Å². The first kappa shape index (κ1) is 15.2. The zero-order chi connectivity index (χ0) is 15.3. The minimum Gasteiger partial charge on any atom is -0.287 e. The minimum atomic E-state index is -0.213. The third-order valence-corrected chi connectivity index (χ3v) is 2.88. The predicted octanol–water partition coefficient (Wildman–Crippen LogP) is 5.21. The van der Waals surface area contributed by atoms with Crippen LogP contribution in [0.3, 0.4) is 0 Å². The summed E-state index contributed by atoms with van der Waals surface area (Å²) in [5, 5.41) is 0. The van der Waals surface area contributed by atoms with E-state index in [1.165, 1.54) is 12.1 Å². The molecule has 0 unspecified atom stereocenters. The average Bonchev–Trinajstić information content (AvgIpc) is 2.45. The Labute approximate surface area is 125 Å². The number of halogens is 1. The van der Waals surface area contributed by atoms with Gasteiger partial charge in [0.1, 0.15) is 5.82 Å². The molecule has 2 heteroatoms. The zero-order valence-electron chi connectivity index (χ0n) is 12.7. The molecule has 0 fully saturated rings. The van der Waals surface area contributed by atoms with Gasteiger partial charge in [0, 0.05) is 6.21 Å². The third-order valence-electron chi connectivity index (χ3n) is 2.88. The summed E-state index contributed by atoms with van der Waals surface area (Å²) in [5.74, 6) is -0.213. The summed E-state index contributed by atoms with van der Waals surface area (Å²) in [7, 11) is 0. The van der Waals surface area contributed by atoms with Crippen LogP contribution in [0.1, 0.15) is 37.5 Å². The molecule has 0 heterocycles. The van der Waals surface area contributed by atoms with Crippen LogP contribution in [0.15, 0.2) is 53.5 Å². The molecule has 108 valence electrons. The Bertz CT molecular complexity index is 629. The van der Waals surface area contributed by atoms with Gasteiger partial charge in [-0.15, -0.1) is 0 Å². The second-order valence-electron chi connectivity index (χ2n) is 5.98. The monoisotopic (exact) mass is 281 g/mol. The van der Waals surface area contributed by atoms with E-state index in [1.54, 1.807) is 12.1 Å². The highest BCUT2D eigenvalue weighted by Crippen LogP contribution is 2.11. The lowest BCUT2D eigenvalue weighted by Crippen LogP contribution is -2.09. The highest BCUT2D eigenvalue weighted by atomic mass is 19.1. The summed E-state index contributed by atoms with van der Waals surface area (Å²) in [6.45, 7) is 6.22. The molecule has 0 amide bonds. The Hall–Kier alpha value is -2.22. The Morgan fingerprint density at radius 2 is 1.19 bits per heavy atom. The van der Waals surface area contributed by atoms with Crippen molar-refractivity contribution in [2.24, 2.45) is 4.99 Å². The largest absolute Gasteiger partial charge is 0.287 e. The van der Waals surface area contributed by atoms with Gasteiger partial charge in [-0.3, -0.25) is 4.99 Å². The van der Waals surface area contributed by atoms with E-state index >= 15 is 0 Å². The predicted molar refractivity (Wildman–Crippen MR) is 89.1 cm³/mol. The van der Waals surface area contributed by atoms with E-state index in [0.717, 1.165) is 16.7 Å². The van der Waals surface area contributed by atoms with Crippen LogP contribution in [0.4, 0.5) is 4.39 Å². The van der Waals surface area contributed by atoms with E-state index in [4.69, 9.17) is 0 Å². The fraction of sp³-hybridized carbons (Fsp3) is 0.211. The van der Waals surface area contributed by atoms with E-state index < -0.39 is 0 Å². The summed E-state index contributed by atoms with van der Waals surface area (Å²) in [6.07, 6.45) is 5.88. The van der Waals surface area contributed by atoms with Crippen molar-refractivity contribution in [1.82, 2.24) is 0 Å². The Morgan fingerprint density at radius 3 is 1.67 bits per heavy atom. The van der Waals surface area contributed by atoms with Crippen molar-refractivity contribution in [3.8, 4) is 0 Å². The highest BCUT2D eigenvalue weighted by Gasteiger charge is 2.04. The second-order valence-corrected chi connectivity index (χ2v) is 5.98. The number of rotatable bonds is 3. The number of aliphatic imine (C=N–C) groups is 1. The third kappa shape index (κ3) is 5.35. The molecule has 0 aliphatic rings. The van der Waals surface area contributed by atoms with Crippen molar-refractivity contribution < 1.29 is 4.39 Å². The van der Waals surface area contributed by atoms with Crippen LogP contribution in [-0.2, 0) is 0 Å². The molecule has 0 saturated heterocycles. The molecule has 21 heavy (non-hydrogen) atoms. The molecule has 2 aromatic carbocycles. The van der Waals surface area contributed by atoms with E-state index in [2.05, 4.69) is 25.8 Å². The maximum Gasteiger partial charge on any atom is 0.123 e. The van der Waals surface area contributed by atoms with Gasteiger partial charge in [0.2, 0.25) is 0 Å². The van der Waals surface area contributed by atoms with E-state index in [9.17, 15) is 4.39 Å². The van der Waals surface area contributed by atoms with E-state index in [-0.39, 0.29) is 11.4 Å². The van der Waals surface area contributed by atoms with Gasteiger partial charge in [0.15, 0.2) is 0 Å². The van der Waals surface area contributed by atoms with Crippen LogP contribution in [-0.4, -0.2) is 11.8 Å². The van der Waals surface area contributed by atoms with E-state index in [1.807, 2.05) is 42.6 Å². The van der Waals surface area contributed by atoms with Crippen molar-refractivity contribution in [2.45, 2.75) is 26.3 Å². The Balaban J connectivity index is 2.05. The van der Waals surface area contributed by atoms with Crippen molar-refractivity contribution in [2.75, 3.05) is 0 Å². The van der Waals surface area contributed by atoms with Gasteiger partial charge in [0.25, 0.3) is 0 Å². The second kappa shape index (κ2) is 6.49. The molecule has 0 saturated carbocycles. The van der Waals surface area contributed by atoms with Crippen LogP contribution in [0, 0.1) is 5.82 Å². The molecule has 2 rings (SSSR count). The molecule has 0 aliphatic carbocycles. The Kier molecular flexibility index (Phi) is 4.69. The maximum atomic E-state index is 12.8. The fourth-order valence-corrected chi connectivity index (χ4v) is 1.73. The maximum absolute atomic E-state index is 12.8. The molecular weight excluding hydrogens is 261 g/mol. The standard InChI is InChI=1S/C19H20FN/c1-19(2,3)21-14-17-8-6-15(7-9-17)4-5-16-10-12-18(20)13-11-16/h4-14H,1-3H3. The average molecular weight is 281 g/mol. The summed E-state index contributed by atoms with van der Waals surface area (Å²) in [4.78, 5) is 4.48. The van der Waals surface area contributed by atoms with Crippen molar-refractivity contribution in [1.29, 1.82) is 0 Å². The van der Waals surface area contributed by atoms with Crippen LogP contribution >= 0.6 is 0 Å². The quantitative estimate of drug-likeness (QED) is 0.540. The summed E-state index contributed by atoms with van der Waals surface area (Å²) in [6, 6.07) is 14.6. The number of hydrogen-bond donors (Lipinski definition) is 0. The lowest BCUT2D eigenvalue weighted by molar-refractivity contribution is 0.586. The smallest absolute Gasteiger partial charge is 0.123 e. The van der Waals surface area contributed by atoms with Crippen molar-refractivity contribution in [3.63, 3.8) is 0 Å². The number of nitrogens with zero attached hydrogens (tertiary/aromatic N) is 1. The lowest BCUT2D eigenvalue weighted by atomic mass is 10.1. The first-order valence-electron chi connectivity index (χ1n) is 7.01. The molecule has 0 aliphatic heterocycles. The molecule has 0 atom stereocenters. The number of hydrogen-bond acceptors (Lipinski definition) is 1. The summed E-state index contributed by atoms with van der Waals surface area (Å²) >= 11 is 0. The van der Waals surface area contributed by atoms with Gasteiger partial charge in [-0.1, -0.05) is 48.6 Å². The summed E-state index contributed by atoms with van der Waals surface area (Å²) < 4.78 is 12.8. The minimum absolute atomic E-state index is 0.0544.